The predicted molar refractivity (Wildman–Crippen MR) is 351 cm³/mol. The van der Waals surface area contributed by atoms with Crippen molar-refractivity contribution >= 4 is 29.8 Å². The summed E-state index contributed by atoms with van der Waals surface area (Å²) in [5.74, 6) is -6.79. The second-order valence-corrected chi connectivity index (χ2v) is 23.2. The molecule has 9 aromatic rings. The standard InChI is InChI=1S/C79H74O16/c1-54(80)88-70-68(51-85-77(59-33-15-6-16-34-59,60-35-17-7-18-36-60)61-37-19-8-20-38-61)93-75(73(91-57(4)83)72(70)90-56(3)82)95-76(53-87-79(65-45-27-12-28-46-65,66-47-29-13-30-48-66)67-49-31-14-32-50-67)74(92-58(5)84)71(89-55(2)81)69(94-76)52-86-78(62-39-21-9-22-40-62,63-41-23-10-24-42-63)64-43-25-11-26-44-64/h6-50,68-75H,51-53H2,1-5H3/t68?,69?,70-,71?,72?,73?,74?,75-,76?/m0/s1. The second-order valence-electron chi connectivity index (χ2n) is 23.2. The summed E-state index contributed by atoms with van der Waals surface area (Å²) in [5, 5.41) is 0. The van der Waals surface area contributed by atoms with Crippen molar-refractivity contribution in [2.24, 2.45) is 0 Å². The van der Waals surface area contributed by atoms with Gasteiger partial charge in [0.25, 0.3) is 0 Å². The average Bonchev–Trinajstić information content (AvgIpc) is 1.73. The van der Waals surface area contributed by atoms with E-state index in [1.54, 1.807) is 0 Å². The van der Waals surface area contributed by atoms with Crippen LogP contribution in [0.5, 0.6) is 0 Å². The molecule has 9 aromatic carbocycles. The van der Waals surface area contributed by atoms with E-state index in [9.17, 15) is 24.0 Å². The molecule has 0 amide bonds. The average molecular weight is 1280 g/mol. The number of hydrogen-bond donors (Lipinski definition) is 0. The van der Waals surface area contributed by atoms with Crippen LogP contribution in [0.3, 0.4) is 0 Å². The van der Waals surface area contributed by atoms with Crippen LogP contribution in [-0.4, -0.2) is 104 Å². The molecule has 16 nitrogen and oxygen atoms in total. The predicted octanol–water partition coefficient (Wildman–Crippen LogP) is 12.5. The fourth-order valence-electron chi connectivity index (χ4n) is 13.1. The summed E-state index contributed by atoms with van der Waals surface area (Å²) in [6, 6.07) is 85.7. The third kappa shape index (κ3) is 14.3. The van der Waals surface area contributed by atoms with Crippen LogP contribution in [0.1, 0.15) is 84.7 Å². The summed E-state index contributed by atoms with van der Waals surface area (Å²) < 4.78 is 76.1. The van der Waals surface area contributed by atoms with Gasteiger partial charge in [-0.25, -0.2) is 0 Å². The zero-order chi connectivity index (χ0) is 66.4. The molecule has 0 aliphatic carbocycles. The second kappa shape index (κ2) is 30.0. The summed E-state index contributed by atoms with van der Waals surface area (Å²) >= 11 is 0. The van der Waals surface area contributed by atoms with E-state index in [1.807, 2.05) is 273 Å². The number of rotatable bonds is 25. The van der Waals surface area contributed by atoms with Gasteiger partial charge < -0.3 is 52.1 Å². The van der Waals surface area contributed by atoms with E-state index in [1.165, 1.54) is 20.8 Å². The van der Waals surface area contributed by atoms with Gasteiger partial charge in [0, 0.05) is 34.6 Å². The minimum atomic E-state index is -2.55. The molecular formula is C79H74O16. The summed E-state index contributed by atoms with van der Waals surface area (Å²) in [7, 11) is 0. The van der Waals surface area contributed by atoms with Crippen LogP contribution in [0.2, 0.25) is 0 Å². The van der Waals surface area contributed by atoms with Crippen LogP contribution in [0.15, 0.2) is 273 Å². The molecule has 2 fully saturated rings. The van der Waals surface area contributed by atoms with Gasteiger partial charge in [0.1, 0.15) is 35.6 Å². The number of carbonyl (C=O) groups excluding carboxylic acids is 5. The molecule has 2 aliphatic heterocycles. The summed E-state index contributed by atoms with van der Waals surface area (Å²) in [6.07, 6.45) is -13.4. The molecule has 2 saturated heterocycles. The van der Waals surface area contributed by atoms with Crippen molar-refractivity contribution in [3.05, 3.63) is 323 Å². The van der Waals surface area contributed by atoms with E-state index in [2.05, 4.69) is 0 Å². The van der Waals surface area contributed by atoms with Gasteiger partial charge in [-0.2, -0.15) is 0 Å². The normalized spacial score (nSPS) is 21.1. The summed E-state index contributed by atoms with van der Waals surface area (Å²) in [6.45, 7) is 4.25. The lowest BCUT2D eigenvalue weighted by molar-refractivity contribution is -0.390. The fraction of sp³-hybridized carbons (Fsp3) is 0.253. The third-order valence-electron chi connectivity index (χ3n) is 16.9. The lowest BCUT2D eigenvalue weighted by atomic mass is 9.80. The molecule has 486 valence electrons. The Kier molecular flexibility index (Phi) is 21.0. The number of benzene rings is 9. The van der Waals surface area contributed by atoms with E-state index < -0.39 is 121 Å². The van der Waals surface area contributed by atoms with Crippen LogP contribution < -0.4 is 0 Å². The molecule has 9 atom stereocenters. The van der Waals surface area contributed by atoms with Crippen LogP contribution >= 0.6 is 0 Å². The van der Waals surface area contributed by atoms with Crippen molar-refractivity contribution in [1.29, 1.82) is 0 Å². The van der Waals surface area contributed by atoms with E-state index >= 15 is 0 Å². The van der Waals surface area contributed by atoms with Crippen molar-refractivity contribution in [2.45, 2.75) is 106 Å². The van der Waals surface area contributed by atoms with Gasteiger partial charge in [0.2, 0.25) is 12.1 Å². The Labute approximate surface area is 552 Å². The quantitative estimate of drug-likeness (QED) is 0.0298. The van der Waals surface area contributed by atoms with Crippen LogP contribution in [-0.2, 0) is 92.9 Å². The number of ether oxygens (including phenoxy) is 11. The number of hydrogen-bond acceptors (Lipinski definition) is 16. The van der Waals surface area contributed by atoms with Crippen molar-refractivity contribution in [2.75, 3.05) is 19.8 Å². The first-order valence-corrected chi connectivity index (χ1v) is 31.5. The van der Waals surface area contributed by atoms with Gasteiger partial charge in [-0.1, -0.05) is 273 Å². The van der Waals surface area contributed by atoms with E-state index in [4.69, 9.17) is 52.1 Å². The van der Waals surface area contributed by atoms with E-state index in [0.29, 0.717) is 33.4 Å². The first kappa shape index (κ1) is 66.5. The minimum Gasteiger partial charge on any atom is -0.456 e. The Hall–Kier alpha value is -9.91. The Morgan fingerprint density at radius 2 is 0.568 bits per heavy atom. The maximum absolute atomic E-state index is 14.2. The Morgan fingerprint density at radius 3 is 0.863 bits per heavy atom. The number of esters is 5. The number of carbonyl (C=O) groups is 5. The molecule has 2 heterocycles. The lowest BCUT2D eigenvalue weighted by Gasteiger charge is -2.48. The molecule has 0 saturated carbocycles. The maximum Gasteiger partial charge on any atom is 0.303 e. The first-order chi connectivity index (χ1) is 46.2. The van der Waals surface area contributed by atoms with Gasteiger partial charge in [-0.05, 0) is 50.1 Å². The first-order valence-electron chi connectivity index (χ1n) is 31.5. The smallest absolute Gasteiger partial charge is 0.303 e. The summed E-state index contributed by atoms with van der Waals surface area (Å²) in [5.41, 5.74) is 1.86. The van der Waals surface area contributed by atoms with Crippen molar-refractivity contribution < 1.29 is 76.1 Å². The molecule has 16 heteroatoms. The van der Waals surface area contributed by atoms with Crippen LogP contribution in [0.4, 0.5) is 0 Å². The molecule has 0 N–H and O–H groups in total. The lowest BCUT2D eigenvalue weighted by Crippen LogP contribution is -2.66. The van der Waals surface area contributed by atoms with Gasteiger partial charge in [-0.15, -0.1) is 0 Å². The monoisotopic (exact) mass is 1280 g/mol. The van der Waals surface area contributed by atoms with Gasteiger partial charge >= 0.3 is 29.8 Å². The molecule has 0 radical (unpaired) electrons. The van der Waals surface area contributed by atoms with E-state index in [-0.39, 0.29) is 0 Å². The van der Waals surface area contributed by atoms with Gasteiger partial charge in [-0.3, -0.25) is 24.0 Å². The van der Waals surface area contributed by atoms with Crippen molar-refractivity contribution in [3.63, 3.8) is 0 Å². The highest BCUT2D eigenvalue weighted by Gasteiger charge is 2.65. The van der Waals surface area contributed by atoms with Crippen molar-refractivity contribution in [3.8, 4) is 0 Å². The van der Waals surface area contributed by atoms with Gasteiger partial charge in [0.05, 0.1) is 13.2 Å². The molecule has 0 aromatic heterocycles. The van der Waals surface area contributed by atoms with E-state index in [0.717, 1.165) is 30.5 Å². The Balaban J connectivity index is 1.12. The molecule has 95 heavy (non-hydrogen) atoms. The SMILES string of the molecule is CC(=O)OC1C(COC(c2ccccc2)(c2ccccc2)c2ccccc2)OC(COC(c2ccccc2)(c2ccccc2)c2ccccc2)(O[C@@H]2OC(COC(c3ccccc3)(c3ccccc3)c3ccccc3)[C@H](OC(C)=O)C(OC(C)=O)C2OC(C)=O)C1OC(C)=O. The zero-order valence-electron chi connectivity index (χ0n) is 53.3. The largest absolute Gasteiger partial charge is 0.456 e. The molecule has 2 aliphatic rings. The van der Waals surface area contributed by atoms with Gasteiger partial charge in [0.15, 0.2) is 30.5 Å². The zero-order valence-corrected chi connectivity index (χ0v) is 53.3. The fourth-order valence-corrected chi connectivity index (χ4v) is 13.1. The molecule has 0 bridgehead atoms. The molecule has 0 spiro atoms. The van der Waals surface area contributed by atoms with Crippen molar-refractivity contribution in [1.82, 2.24) is 0 Å². The third-order valence-corrected chi connectivity index (χ3v) is 16.9. The minimum absolute atomic E-state index is 0.415. The molecular weight excluding hydrogens is 1200 g/mol. The molecule has 11 rings (SSSR count). The van der Waals surface area contributed by atoms with Crippen LogP contribution in [0, 0.1) is 0 Å². The summed E-state index contributed by atoms with van der Waals surface area (Å²) in [4.78, 5) is 69.3. The highest BCUT2D eigenvalue weighted by molar-refractivity contribution is 5.69. The molecule has 7 unspecified atom stereocenters. The Bertz CT molecular complexity index is 3670. The van der Waals surface area contributed by atoms with Crippen LogP contribution in [0.25, 0.3) is 0 Å². The maximum atomic E-state index is 14.2. The highest BCUT2D eigenvalue weighted by atomic mass is 16.8. The Morgan fingerprint density at radius 1 is 0.316 bits per heavy atom. The highest BCUT2D eigenvalue weighted by Crippen LogP contribution is 2.49. The topological polar surface area (TPSA) is 187 Å².